The normalized spacial score (nSPS) is 11.6. The van der Waals surface area contributed by atoms with Gasteiger partial charge in [-0.2, -0.15) is 5.10 Å². The van der Waals surface area contributed by atoms with E-state index in [9.17, 15) is 13.2 Å². The van der Waals surface area contributed by atoms with Gasteiger partial charge in [-0.25, -0.2) is 13.8 Å². The molecule has 0 unspecified atom stereocenters. The smallest absolute Gasteiger partial charge is 0.264 e. The molecule has 0 aliphatic heterocycles. The molecule has 4 rings (SSSR count). The van der Waals surface area contributed by atoms with E-state index in [1.807, 2.05) is 44.2 Å². The van der Waals surface area contributed by atoms with E-state index in [1.165, 1.54) is 36.5 Å². The van der Waals surface area contributed by atoms with Gasteiger partial charge < -0.3 is 4.57 Å². The molecule has 0 atom stereocenters. The van der Waals surface area contributed by atoms with E-state index in [-0.39, 0.29) is 10.6 Å². The predicted molar refractivity (Wildman–Crippen MR) is 156 cm³/mol. The summed E-state index contributed by atoms with van der Waals surface area (Å²) in [6.45, 7) is 3.42. The monoisotopic (exact) mass is 632 g/mol. The van der Waals surface area contributed by atoms with Crippen LogP contribution in [0.25, 0.3) is 5.69 Å². The molecule has 38 heavy (non-hydrogen) atoms. The lowest BCUT2D eigenvalue weighted by molar-refractivity contribution is -0.119. The number of para-hydroxylation sites is 1. The Balaban J connectivity index is 1.56. The van der Waals surface area contributed by atoms with Crippen LogP contribution in [0.4, 0.5) is 5.69 Å². The first-order valence-corrected chi connectivity index (χ1v) is 14.4. The van der Waals surface area contributed by atoms with Gasteiger partial charge in [0, 0.05) is 31.5 Å². The number of anilines is 1. The lowest BCUT2D eigenvalue weighted by Crippen LogP contribution is -2.39. The van der Waals surface area contributed by atoms with Crippen molar-refractivity contribution in [1.29, 1.82) is 0 Å². The molecule has 0 aliphatic rings. The lowest BCUT2D eigenvalue weighted by Gasteiger charge is -2.23. The van der Waals surface area contributed by atoms with Gasteiger partial charge in [0.1, 0.15) is 6.54 Å². The topological polar surface area (TPSA) is 83.8 Å². The number of carbonyl (C=O) groups is 1. The maximum absolute atomic E-state index is 13.4. The minimum absolute atomic E-state index is 0.0160. The van der Waals surface area contributed by atoms with E-state index in [4.69, 9.17) is 23.2 Å². The SMILES string of the molecule is Cc1cc(/C=N\NC(=O)CN(c2cccc(Cl)c2)S(=O)(=O)c2ccc(Cl)cc2)c(C)n1-c1ccccc1Br. The molecule has 1 aromatic heterocycles. The molecule has 11 heteroatoms. The van der Waals surface area contributed by atoms with Crippen LogP contribution in [0.1, 0.15) is 17.0 Å². The average molecular weight is 634 g/mol. The number of aryl methyl sites for hydroxylation is 1. The van der Waals surface area contributed by atoms with Crippen LogP contribution >= 0.6 is 39.1 Å². The first-order valence-electron chi connectivity index (χ1n) is 11.4. The quantitative estimate of drug-likeness (QED) is 0.177. The van der Waals surface area contributed by atoms with Crippen LogP contribution in [0, 0.1) is 13.8 Å². The molecule has 1 N–H and O–H groups in total. The summed E-state index contributed by atoms with van der Waals surface area (Å²) in [6, 6.07) is 21.8. The number of nitrogens with one attached hydrogen (secondary N) is 1. The number of hydrazone groups is 1. The summed E-state index contributed by atoms with van der Waals surface area (Å²) in [6.07, 6.45) is 1.53. The first kappa shape index (κ1) is 27.9. The fourth-order valence-corrected chi connectivity index (χ4v) is 6.13. The van der Waals surface area contributed by atoms with Crippen molar-refractivity contribution in [2.24, 2.45) is 5.10 Å². The van der Waals surface area contributed by atoms with Crippen molar-refractivity contribution in [1.82, 2.24) is 9.99 Å². The Hall–Kier alpha value is -3.11. The van der Waals surface area contributed by atoms with Gasteiger partial charge in [0.25, 0.3) is 15.9 Å². The number of aromatic nitrogens is 1. The van der Waals surface area contributed by atoms with Crippen molar-refractivity contribution in [2.75, 3.05) is 10.8 Å². The van der Waals surface area contributed by atoms with Gasteiger partial charge in [0.05, 0.1) is 22.5 Å². The molecule has 0 radical (unpaired) electrons. The number of carbonyl (C=O) groups excluding carboxylic acids is 1. The number of nitrogens with zero attached hydrogens (tertiary/aromatic N) is 3. The van der Waals surface area contributed by atoms with Crippen molar-refractivity contribution in [3.8, 4) is 5.69 Å². The van der Waals surface area contributed by atoms with Crippen molar-refractivity contribution in [3.63, 3.8) is 0 Å². The van der Waals surface area contributed by atoms with Crippen LogP contribution in [-0.4, -0.2) is 31.7 Å². The van der Waals surface area contributed by atoms with Crippen LogP contribution in [0.15, 0.2) is 93.3 Å². The molecule has 0 bridgehead atoms. The molecule has 1 heterocycles. The number of hydrogen-bond donors (Lipinski definition) is 1. The third-order valence-electron chi connectivity index (χ3n) is 5.74. The van der Waals surface area contributed by atoms with Crippen LogP contribution in [0.2, 0.25) is 10.0 Å². The fraction of sp³-hybridized carbons (Fsp3) is 0.111. The molecule has 7 nitrogen and oxygen atoms in total. The van der Waals surface area contributed by atoms with Crippen LogP contribution in [0.3, 0.4) is 0 Å². The van der Waals surface area contributed by atoms with Gasteiger partial charge in [-0.1, -0.05) is 41.4 Å². The summed E-state index contributed by atoms with van der Waals surface area (Å²) in [5, 5.41) is 4.81. The second-order valence-electron chi connectivity index (χ2n) is 8.35. The summed E-state index contributed by atoms with van der Waals surface area (Å²) >= 11 is 15.6. The third kappa shape index (κ3) is 6.13. The number of rotatable bonds is 8. The zero-order chi connectivity index (χ0) is 27.4. The Labute approximate surface area is 239 Å². The number of halogens is 3. The molecule has 0 saturated heterocycles. The molecule has 0 fully saturated rings. The van der Waals surface area contributed by atoms with Crippen molar-refractivity contribution < 1.29 is 13.2 Å². The summed E-state index contributed by atoms with van der Waals surface area (Å²) < 4.78 is 30.9. The summed E-state index contributed by atoms with van der Waals surface area (Å²) in [5.74, 6) is -0.627. The highest BCUT2D eigenvalue weighted by atomic mass is 79.9. The highest BCUT2D eigenvalue weighted by Gasteiger charge is 2.27. The second kappa shape index (κ2) is 11.7. The summed E-state index contributed by atoms with van der Waals surface area (Å²) in [7, 11) is -4.11. The lowest BCUT2D eigenvalue weighted by atomic mass is 10.2. The maximum Gasteiger partial charge on any atom is 0.264 e. The number of amides is 1. The Morgan fingerprint density at radius 1 is 1.00 bits per heavy atom. The summed E-state index contributed by atoms with van der Waals surface area (Å²) in [4.78, 5) is 12.8. The van der Waals surface area contributed by atoms with Gasteiger partial charge in [0.15, 0.2) is 0 Å². The standard InChI is InChI=1S/C27H23BrCl2N4O3S/c1-18-14-20(19(2)34(18)26-9-4-3-8-25(26)28)16-31-32-27(35)17-33(23-7-5-6-22(30)15-23)38(36,37)24-12-10-21(29)11-13-24/h3-16H,17H2,1-2H3,(H,32,35)/b31-16-. The van der Waals surface area contributed by atoms with Crippen molar-refractivity contribution >= 4 is 67.0 Å². The molecule has 0 saturated carbocycles. The van der Waals surface area contributed by atoms with Gasteiger partial charge in [0.2, 0.25) is 0 Å². The molecular formula is C27H23BrCl2N4O3S. The minimum Gasteiger partial charge on any atom is -0.317 e. The molecule has 196 valence electrons. The van der Waals surface area contributed by atoms with Gasteiger partial charge >= 0.3 is 0 Å². The highest BCUT2D eigenvalue weighted by Crippen LogP contribution is 2.28. The van der Waals surface area contributed by atoms with E-state index in [1.54, 1.807) is 18.2 Å². The highest BCUT2D eigenvalue weighted by molar-refractivity contribution is 9.10. The third-order valence-corrected chi connectivity index (χ3v) is 8.69. The molecule has 0 spiro atoms. The minimum atomic E-state index is -4.11. The number of benzene rings is 3. The molecule has 4 aromatic rings. The molecule has 3 aromatic carbocycles. The van der Waals surface area contributed by atoms with Crippen LogP contribution in [0.5, 0.6) is 0 Å². The fourth-order valence-electron chi connectivity index (χ4n) is 3.94. The van der Waals surface area contributed by atoms with E-state index in [0.29, 0.717) is 10.0 Å². The first-order chi connectivity index (χ1) is 18.1. The van der Waals surface area contributed by atoms with E-state index in [0.717, 1.165) is 31.4 Å². The van der Waals surface area contributed by atoms with Gasteiger partial charge in [-0.15, -0.1) is 0 Å². The summed E-state index contributed by atoms with van der Waals surface area (Å²) in [5.41, 5.74) is 6.38. The van der Waals surface area contributed by atoms with Crippen molar-refractivity contribution in [3.05, 3.63) is 110 Å². The van der Waals surface area contributed by atoms with Crippen LogP contribution in [-0.2, 0) is 14.8 Å². The zero-order valence-corrected chi connectivity index (χ0v) is 24.3. The molecular weight excluding hydrogens is 611 g/mol. The van der Waals surface area contributed by atoms with E-state index in [2.05, 4.69) is 31.0 Å². The molecule has 1 amide bonds. The second-order valence-corrected chi connectivity index (χ2v) is 11.9. The predicted octanol–water partition coefficient (Wildman–Crippen LogP) is 6.51. The molecule has 0 aliphatic carbocycles. The largest absolute Gasteiger partial charge is 0.317 e. The Morgan fingerprint density at radius 2 is 1.71 bits per heavy atom. The van der Waals surface area contributed by atoms with Gasteiger partial charge in [-0.05, 0) is 90.4 Å². The Morgan fingerprint density at radius 3 is 2.39 bits per heavy atom. The van der Waals surface area contributed by atoms with Crippen LogP contribution < -0.4 is 9.73 Å². The van der Waals surface area contributed by atoms with E-state index >= 15 is 0 Å². The zero-order valence-electron chi connectivity index (χ0n) is 20.4. The number of hydrogen-bond acceptors (Lipinski definition) is 4. The van der Waals surface area contributed by atoms with Crippen molar-refractivity contribution in [2.45, 2.75) is 18.7 Å². The average Bonchev–Trinajstić information content (AvgIpc) is 3.15. The Bertz CT molecular complexity index is 1620. The van der Waals surface area contributed by atoms with E-state index < -0.39 is 22.5 Å². The maximum atomic E-state index is 13.4. The Kier molecular flexibility index (Phi) is 8.62. The van der Waals surface area contributed by atoms with Gasteiger partial charge in [-0.3, -0.25) is 9.10 Å². The number of sulfonamides is 1.